The van der Waals surface area contributed by atoms with Crippen molar-refractivity contribution in [1.29, 1.82) is 0 Å². The molecule has 2 aromatic rings. The summed E-state index contributed by atoms with van der Waals surface area (Å²) >= 11 is 1.79. The van der Waals surface area contributed by atoms with Gasteiger partial charge in [0, 0.05) is 24.2 Å². The Kier molecular flexibility index (Phi) is 5.15. The Morgan fingerprint density at radius 1 is 1.35 bits per heavy atom. The van der Waals surface area contributed by atoms with Gasteiger partial charge in [0.1, 0.15) is 5.82 Å². The van der Waals surface area contributed by atoms with Crippen LogP contribution < -0.4 is 4.90 Å². The summed E-state index contributed by atoms with van der Waals surface area (Å²) in [6.07, 6.45) is 1.02. The Bertz CT molecular complexity index is 537. The molecule has 0 fully saturated rings. The van der Waals surface area contributed by atoms with Gasteiger partial charge in [-0.2, -0.15) is 0 Å². The highest BCUT2D eigenvalue weighted by atomic mass is 32.1. The summed E-state index contributed by atoms with van der Waals surface area (Å²) in [5, 5.41) is 11.5. The zero-order chi connectivity index (χ0) is 14.5. The maximum Gasteiger partial charge on any atom is 0.128 e. The van der Waals surface area contributed by atoms with Crippen LogP contribution in [-0.2, 0) is 13.0 Å². The van der Waals surface area contributed by atoms with Gasteiger partial charge >= 0.3 is 0 Å². The smallest absolute Gasteiger partial charge is 0.128 e. The van der Waals surface area contributed by atoms with E-state index in [2.05, 4.69) is 43.3 Å². The number of aliphatic hydroxyl groups excluding tert-OH is 1. The predicted octanol–water partition coefficient (Wildman–Crippen LogP) is 3.44. The second-order valence-corrected chi connectivity index (χ2v) is 6.35. The summed E-state index contributed by atoms with van der Waals surface area (Å²) < 4.78 is 0. The van der Waals surface area contributed by atoms with Crippen LogP contribution in [0, 0.1) is 0 Å². The van der Waals surface area contributed by atoms with Crippen LogP contribution in [0.1, 0.15) is 35.9 Å². The summed E-state index contributed by atoms with van der Waals surface area (Å²) in [6.45, 7) is 5.24. The number of aliphatic hydroxyl groups is 1. The molecule has 0 saturated heterocycles. The first-order chi connectivity index (χ1) is 9.60. The number of hydrogen-bond donors (Lipinski definition) is 1. The molecular weight excluding hydrogens is 268 g/mol. The van der Waals surface area contributed by atoms with Crippen LogP contribution in [0.4, 0.5) is 5.82 Å². The standard InChI is InChI=1S/C16H22N2OS/c1-12(2)15-9-13(11-19)10-16(17-15)18(3)7-6-14-5-4-8-20-14/h4-5,8-10,12,19H,6-7,11H2,1-3H3. The van der Waals surface area contributed by atoms with E-state index >= 15 is 0 Å². The normalized spacial score (nSPS) is 11.1. The fourth-order valence-electron chi connectivity index (χ4n) is 2.02. The molecule has 1 N–H and O–H groups in total. The summed E-state index contributed by atoms with van der Waals surface area (Å²) in [6, 6.07) is 8.21. The lowest BCUT2D eigenvalue weighted by Gasteiger charge is -2.20. The van der Waals surface area contributed by atoms with Crippen LogP contribution in [0.2, 0.25) is 0 Å². The van der Waals surface area contributed by atoms with Gasteiger partial charge in [-0.25, -0.2) is 4.98 Å². The first-order valence-corrected chi connectivity index (χ1v) is 7.83. The van der Waals surface area contributed by atoms with E-state index < -0.39 is 0 Å². The van der Waals surface area contributed by atoms with Crippen molar-refractivity contribution in [2.75, 3.05) is 18.5 Å². The number of hydrogen-bond acceptors (Lipinski definition) is 4. The lowest BCUT2D eigenvalue weighted by Crippen LogP contribution is -2.22. The molecule has 4 heteroatoms. The van der Waals surface area contributed by atoms with Crippen LogP contribution >= 0.6 is 11.3 Å². The van der Waals surface area contributed by atoms with Crippen molar-refractivity contribution in [1.82, 2.24) is 4.98 Å². The maximum atomic E-state index is 9.39. The molecule has 20 heavy (non-hydrogen) atoms. The molecule has 0 aliphatic carbocycles. The fourth-order valence-corrected chi connectivity index (χ4v) is 2.72. The molecule has 2 aromatic heterocycles. The third kappa shape index (κ3) is 3.81. The van der Waals surface area contributed by atoms with Crippen molar-refractivity contribution >= 4 is 17.2 Å². The largest absolute Gasteiger partial charge is 0.392 e. The van der Waals surface area contributed by atoms with E-state index in [1.54, 1.807) is 11.3 Å². The molecular formula is C16H22N2OS. The third-order valence-corrected chi connectivity index (χ3v) is 4.27. The number of likely N-dealkylation sites (N-methyl/N-ethyl adjacent to an activating group) is 1. The molecule has 2 heterocycles. The highest BCUT2D eigenvalue weighted by molar-refractivity contribution is 7.09. The zero-order valence-corrected chi connectivity index (χ0v) is 13.2. The van der Waals surface area contributed by atoms with Crippen molar-refractivity contribution in [3.63, 3.8) is 0 Å². The highest BCUT2D eigenvalue weighted by Crippen LogP contribution is 2.20. The number of rotatable bonds is 6. The van der Waals surface area contributed by atoms with E-state index in [1.165, 1.54) is 4.88 Å². The van der Waals surface area contributed by atoms with E-state index in [0.717, 1.165) is 30.0 Å². The molecule has 2 rings (SSSR count). The van der Waals surface area contributed by atoms with Crippen LogP contribution in [0.5, 0.6) is 0 Å². The van der Waals surface area contributed by atoms with Crippen molar-refractivity contribution in [2.24, 2.45) is 0 Å². The molecule has 0 radical (unpaired) electrons. The van der Waals surface area contributed by atoms with Gasteiger partial charge < -0.3 is 10.0 Å². The Morgan fingerprint density at radius 3 is 2.75 bits per heavy atom. The van der Waals surface area contributed by atoms with Gasteiger partial charge in [-0.05, 0) is 41.5 Å². The minimum absolute atomic E-state index is 0.0635. The fraction of sp³-hybridized carbons (Fsp3) is 0.438. The lowest BCUT2D eigenvalue weighted by molar-refractivity contribution is 0.281. The van der Waals surface area contributed by atoms with Crippen molar-refractivity contribution < 1.29 is 5.11 Å². The molecule has 108 valence electrons. The zero-order valence-electron chi connectivity index (χ0n) is 12.3. The first-order valence-electron chi connectivity index (χ1n) is 6.95. The number of anilines is 1. The molecule has 0 aliphatic heterocycles. The second-order valence-electron chi connectivity index (χ2n) is 5.32. The third-order valence-electron chi connectivity index (χ3n) is 3.33. The van der Waals surface area contributed by atoms with Crippen LogP contribution in [0.15, 0.2) is 29.6 Å². The monoisotopic (exact) mass is 290 g/mol. The van der Waals surface area contributed by atoms with E-state index in [1.807, 2.05) is 12.1 Å². The lowest BCUT2D eigenvalue weighted by atomic mass is 10.1. The van der Waals surface area contributed by atoms with Crippen LogP contribution in [-0.4, -0.2) is 23.7 Å². The van der Waals surface area contributed by atoms with Gasteiger partial charge in [0.05, 0.1) is 6.61 Å². The van der Waals surface area contributed by atoms with Gasteiger partial charge in [-0.15, -0.1) is 11.3 Å². The van der Waals surface area contributed by atoms with Gasteiger partial charge in [0.25, 0.3) is 0 Å². The molecule has 0 amide bonds. The molecule has 0 aromatic carbocycles. The minimum Gasteiger partial charge on any atom is -0.392 e. The average Bonchev–Trinajstić information content (AvgIpc) is 2.97. The number of aromatic nitrogens is 1. The van der Waals surface area contributed by atoms with E-state index in [4.69, 9.17) is 4.98 Å². The quantitative estimate of drug-likeness (QED) is 0.885. The molecule has 0 bridgehead atoms. The van der Waals surface area contributed by atoms with Gasteiger partial charge in [-0.1, -0.05) is 19.9 Å². The molecule has 0 aliphatic rings. The molecule has 0 atom stereocenters. The maximum absolute atomic E-state index is 9.39. The van der Waals surface area contributed by atoms with Gasteiger partial charge in [0.2, 0.25) is 0 Å². The summed E-state index contributed by atoms with van der Waals surface area (Å²) in [5.41, 5.74) is 1.97. The second kappa shape index (κ2) is 6.86. The molecule has 3 nitrogen and oxygen atoms in total. The van der Waals surface area contributed by atoms with Crippen molar-refractivity contribution in [2.45, 2.75) is 32.8 Å². The van der Waals surface area contributed by atoms with E-state index in [-0.39, 0.29) is 6.61 Å². The Balaban J connectivity index is 2.11. The average molecular weight is 290 g/mol. The SMILES string of the molecule is CC(C)c1cc(CO)cc(N(C)CCc2cccs2)n1. The van der Waals surface area contributed by atoms with E-state index in [9.17, 15) is 5.11 Å². The summed E-state index contributed by atoms with van der Waals surface area (Å²) in [5.74, 6) is 1.31. The van der Waals surface area contributed by atoms with Crippen LogP contribution in [0.25, 0.3) is 0 Å². The number of nitrogens with zero attached hydrogens (tertiary/aromatic N) is 2. The van der Waals surface area contributed by atoms with Crippen molar-refractivity contribution in [3.8, 4) is 0 Å². The molecule has 0 spiro atoms. The highest BCUT2D eigenvalue weighted by Gasteiger charge is 2.09. The van der Waals surface area contributed by atoms with Gasteiger partial charge in [-0.3, -0.25) is 0 Å². The first kappa shape index (κ1) is 15.0. The number of pyridine rings is 1. The van der Waals surface area contributed by atoms with Gasteiger partial charge in [0.15, 0.2) is 0 Å². The summed E-state index contributed by atoms with van der Waals surface area (Å²) in [7, 11) is 2.06. The predicted molar refractivity (Wildman–Crippen MR) is 85.5 cm³/mol. The van der Waals surface area contributed by atoms with Crippen LogP contribution in [0.3, 0.4) is 0 Å². The molecule has 0 unspecified atom stereocenters. The van der Waals surface area contributed by atoms with Crippen molar-refractivity contribution in [3.05, 3.63) is 45.8 Å². The van der Waals surface area contributed by atoms with E-state index in [0.29, 0.717) is 5.92 Å². The Labute approximate surface area is 124 Å². The Hall–Kier alpha value is -1.39. The minimum atomic E-state index is 0.0635. The molecule has 0 saturated carbocycles. The Morgan fingerprint density at radius 2 is 2.15 bits per heavy atom. The number of thiophene rings is 1. The summed E-state index contributed by atoms with van der Waals surface area (Å²) in [4.78, 5) is 8.24. The topological polar surface area (TPSA) is 36.4 Å².